The van der Waals surface area contributed by atoms with Gasteiger partial charge in [0.1, 0.15) is 18.1 Å². The molecule has 8 nitrogen and oxygen atoms in total. The molecular weight excluding hydrogens is 364 g/mol. The van der Waals surface area contributed by atoms with Gasteiger partial charge in [0.2, 0.25) is 0 Å². The predicted molar refractivity (Wildman–Crippen MR) is 103 cm³/mol. The maximum Gasteiger partial charge on any atom is 0.269 e. The summed E-state index contributed by atoms with van der Waals surface area (Å²) in [5.41, 5.74) is 0.583. The molecule has 2 aromatic carbocycles. The molecule has 28 heavy (non-hydrogen) atoms. The van der Waals surface area contributed by atoms with Crippen molar-refractivity contribution >= 4 is 17.3 Å². The van der Waals surface area contributed by atoms with Crippen molar-refractivity contribution in [3.05, 3.63) is 58.6 Å². The van der Waals surface area contributed by atoms with Crippen molar-refractivity contribution in [2.75, 3.05) is 18.5 Å². The van der Waals surface area contributed by atoms with Gasteiger partial charge in [0.05, 0.1) is 11.0 Å². The zero-order valence-electron chi connectivity index (χ0n) is 15.5. The zero-order valence-corrected chi connectivity index (χ0v) is 15.5. The third-order valence-electron chi connectivity index (χ3n) is 4.31. The minimum absolute atomic E-state index is 0.0359. The largest absolute Gasteiger partial charge is 0.491 e. The van der Waals surface area contributed by atoms with E-state index in [1.807, 2.05) is 0 Å². The summed E-state index contributed by atoms with van der Waals surface area (Å²) in [6.45, 7) is 2.92. The predicted octanol–water partition coefficient (Wildman–Crippen LogP) is 3.56. The number of hydrogen-bond acceptors (Lipinski definition) is 6. The zero-order chi connectivity index (χ0) is 19.9. The Balaban J connectivity index is 1.48. The summed E-state index contributed by atoms with van der Waals surface area (Å²) >= 11 is 0. The van der Waals surface area contributed by atoms with Crippen molar-refractivity contribution in [2.24, 2.45) is 0 Å². The van der Waals surface area contributed by atoms with E-state index in [2.05, 4.69) is 5.32 Å². The average Bonchev–Trinajstić information content (AvgIpc) is 3.21. The molecule has 1 aliphatic heterocycles. The van der Waals surface area contributed by atoms with Gasteiger partial charge in [-0.25, -0.2) is 0 Å². The highest BCUT2D eigenvalue weighted by Crippen LogP contribution is 2.20. The SMILES string of the molecule is CC(Oc1ccc([N+](=O)[O-])cc1)C(=O)Nc1ccc(OCC2CCCO2)cc1. The molecule has 2 aromatic rings. The molecule has 1 amide bonds. The van der Waals surface area contributed by atoms with Gasteiger partial charge in [-0.15, -0.1) is 0 Å². The number of hydrogen-bond donors (Lipinski definition) is 1. The van der Waals surface area contributed by atoms with Gasteiger partial charge in [0.15, 0.2) is 6.10 Å². The fourth-order valence-electron chi connectivity index (χ4n) is 2.75. The van der Waals surface area contributed by atoms with Gasteiger partial charge in [-0.1, -0.05) is 0 Å². The molecule has 2 atom stereocenters. The topological polar surface area (TPSA) is 99.9 Å². The molecule has 0 bridgehead atoms. The third kappa shape index (κ3) is 5.43. The molecule has 0 radical (unpaired) electrons. The van der Waals surface area contributed by atoms with Crippen LogP contribution in [0.5, 0.6) is 11.5 Å². The van der Waals surface area contributed by atoms with Crippen molar-refractivity contribution in [1.29, 1.82) is 0 Å². The number of nitro groups is 1. The van der Waals surface area contributed by atoms with E-state index in [-0.39, 0.29) is 17.7 Å². The number of amides is 1. The number of ether oxygens (including phenoxy) is 3. The van der Waals surface area contributed by atoms with E-state index in [0.29, 0.717) is 23.8 Å². The Labute approximate surface area is 162 Å². The van der Waals surface area contributed by atoms with Crippen LogP contribution in [-0.4, -0.2) is 36.3 Å². The molecule has 1 fully saturated rings. The highest BCUT2D eigenvalue weighted by molar-refractivity contribution is 5.94. The van der Waals surface area contributed by atoms with E-state index in [1.54, 1.807) is 31.2 Å². The lowest BCUT2D eigenvalue weighted by Gasteiger charge is -2.15. The summed E-state index contributed by atoms with van der Waals surface area (Å²) in [6, 6.07) is 12.6. The Morgan fingerprint density at radius 1 is 1.21 bits per heavy atom. The molecule has 148 valence electrons. The first kappa shape index (κ1) is 19.6. The first-order valence-electron chi connectivity index (χ1n) is 9.08. The fraction of sp³-hybridized carbons (Fsp3) is 0.350. The summed E-state index contributed by atoms with van der Waals surface area (Å²) in [6.07, 6.45) is 1.47. The molecule has 1 aliphatic rings. The summed E-state index contributed by atoms with van der Waals surface area (Å²) < 4.78 is 16.7. The molecule has 0 aliphatic carbocycles. The fourth-order valence-corrected chi connectivity index (χ4v) is 2.75. The standard InChI is InChI=1S/C20H22N2O6/c1-14(28-18-10-6-16(7-11-18)22(24)25)20(23)21-15-4-8-17(9-5-15)27-13-19-3-2-12-26-19/h4-11,14,19H,2-3,12-13H2,1H3,(H,21,23). The van der Waals surface area contributed by atoms with Crippen LogP contribution >= 0.6 is 0 Å². The van der Waals surface area contributed by atoms with Crippen LogP contribution in [-0.2, 0) is 9.53 Å². The maximum atomic E-state index is 12.3. The Morgan fingerprint density at radius 2 is 1.89 bits per heavy atom. The van der Waals surface area contributed by atoms with Crippen molar-refractivity contribution in [3.63, 3.8) is 0 Å². The van der Waals surface area contributed by atoms with Gasteiger partial charge in [-0.05, 0) is 56.2 Å². The molecule has 1 heterocycles. The van der Waals surface area contributed by atoms with Crippen LogP contribution in [0.25, 0.3) is 0 Å². The lowest BCUT2D eigenvalue weighted by Crippen LogP contribution is -2.30. The molecule has 0 spiro atoms. The molecule has 3 rings (SSSR count). The second-order valence-corrected chi connectivity index (χ2v) is 6.47. The van der Waals surface area contributed by atoms with Gasteiger partial charge >= 0.3 is 0 Å². The quantitative estimate of drug-likeness (QED) is 0.550. The van der Waals surface area contributed by atoms with E-state index >= 15 is 0 Å². The maximum absolute atomic E-state index is 12.3. The number of carbonyl (C=O) groups excluding carboxylic acids is 1. The second-order valence-electron chi connectivity index (χ2n) is 6.47. The summed E-state index contributed by atoms with van der Waals surface area (Å²) in [5.74, 6) is 0.765. The molecule has 1 saturated heterocycles. The molecule has 0 saturated carbocycles. The van der Waals surface area contributed by atoms with Crippen LogP contribution in [0, 0.1) is 10.1 Å². The molecule has 2 unspecified atom stereocenters. The highest BCUT2D eigenvalue weighted by Gasteiger charge is 2.17. The first-order valence-corrected chi connectivity index (χ1v) is 9.08. The van der Waals surface area contributed by atoms with Crippen LogP contribution in [0.4, 0.5) is 11.4 Å². The summed E-state index contributed by atoms with van der Waals surface area (Å²) in [7, 11) is 0. The Kier molecular flexibility index (Phi) is 6.44. The monoisotopic (exact) mass is 386 g/mol. The van der Waals surface area contributed by atoms with E-state index < -0.39 is 11.0 Å². The van der Waals surface area contributed by atoms with Gasteiger partial charge in [0, 0.05) is 24.4 Å². The normalized spacial score (nSPS) is 17.0. The second kappa shape index (κ2) is 9.18. The minimum atomic E-state index is -0.767. The number of rotatable bonds is 8. The molecule has 0 aromatic heterocycles. The van der Waals surface area contributed by atoms with E-state index in [9.17, 15) is 14.9 Å². The number of carbonyl (C=O) groups is 1. The number of nitrogens with one attached hydrogen (secondary N) is 1. The van der Waals surface area contributed by atoms with Gasteiger partial charge in [-0.3, -0.25) is 14.9 Å². The Hall–Kier alpha value is -3.13. The van der Waals surface area contributed by atoms with Gasteiger partial charge in [-0.2, -0.15) is 0 Å². The van der Waals surface area contributed by atoms with Gasteiger partial charge < -0.3 is 19.5 Å². The lowest BCUT2D eigenvalue weighted by atomic mass is 10.2. The summed E-state index contributed by atoms with van der Waals surface area (Å²) in [4.78, 5) is 22.5. The van der Waals surface area contributed by atoms with E-state index in [4.69, 9.17) is 14.2 Å². The molecular formula is C20H22N2O6. The Morgan fingerprint density at radius 3 is 2.50 bits per heavy atom. The average molecular weight is 386 g/mol. The van der Waals surface area contributed by atoms with E-state index in [0.717, 1.165) is 19.4 Å². The first-order chi connectivity index (χ1) is 13.5. The van der Waals surface area contributed by atoms with Crippen LogP contribution in [0.3, 0.4) is 0 Å². The van der Waals surface area contributed by atoms with Crippen LogP contribution < -0.4 is 14.8 Å². The number of benzene rings is 2. The van der Waals surface area contributed by atoms with Crippen LogP contribution in [0.1, 0.15) is 19.8 Å². The summed E-state index contributed by atoms with van der Waals surface area (Å²) in [5, 5.41) is 13.4. The number of nitrogens with zero attached hydrogens (tertiary/aromatic N) is 1. The number of anilines is 1. The van der Waals surface area contributed by atoms with Crippen LogP contribution in [0.2, 0.25) is 0 Å². The molecule has 1 N–H and O–H groups in total. The smallest absolute Gasteiger partial charge is 0.269 e. The molecule has 8 heteroatoms. The lowest BCUT2D eigenvalue weighted by molar-refractivity contribution is -0.384. The van der Waals surface area contributed by atoms with Crippen LogP contribution in [0.15, 0.2) is 48.5 Å². The van der Waals surface area contributed by atoms with Crippen molar-refractivity contribution < 1.29 is 23.9 Å². The highest BCUT2D eigenvalue weighted by atomic mass is 16.6. The van der Waals surface area contributed by atoms with E-state index in [1.165, 1.54) is 24.3 Å². The Bertz CT molecular complexity index is 800. The minimum Gasteiger partial charge on any atom is -0.491 e. The van der Waals surface area contributed by atoms with Crippen molar-refractivity contribution in [3.8, 4) is 11.5 Å². The van der Waals surface area contributed by atoms with Crippen molar-refractivity contribution in [2.45, 2.75) is 32.0 Å². The van der Waals surface area contributed by atoms with Crippen molar-refractivity contribution in [1.82, 2.24) is 0 Å². The van der Waals surface area contributed by atoms with Gasteiger partial charge in [0.25, 0.3) is 11.6 Å². The number of nitro benzene ring substituents is 1. The third-order valence-corrected chi connectivity index (χ3v) is 4.31. The number of non-ortho nitro benzene ring substituents is 1.